The highest BCUT2D eigenvalue weighted by molar-refractivity contribution is 7.92. The van der Waals surface area contributed by atoms with Gasteiger partial charge in [-0.05, 0) is 25.2 Å². The molecule has 0 aliphatic rings. The summed E-state index contributed by atoms with van der Waals surface area (Å²) in [7, 11) is -0.0351. The van der Waals surface area contributed by atoms with Crippen molar-refractivity contribution in [3.05, 3.63) is 28.8 Å². The first kappa shape index (κ1) is 20.0. The number of amides is 1. The molecule has 1 aromatic rings. The lowest BCUT2D eigenvalue weighted by molar-refractivity contribution is 0.0798. The lowest BCUT2D eigenvalue weighted by Crippen LogP contribution is -2.33. The number of halogens is 2. The van der Waals surface area contributed by atoms with E-state index in [9.17, 15) is 13.2 Å². The number of sulfonamides is 1. The van der Waals surface area contributed by atoms with Gasteiger partial charge in [-0.15, -0.1) is 12.4 Å². The van der Waals surface area contributed by atoms with Gasteiger partial charge in [0, 0.05) is 25.2 Å². The van der Waals surface area contributed by atoms with Crippen molar-refractivity contribution in [3.8, 4) is 0 Å². The molecule has 1 rings (SSSR count). The van der Waals surface area contributed by atoms with Crippen molar-refractivity contribution in [1.82, 2.24) is 10.2 Å². The van der Waals surface area contributed by atoms with Crippen LogP contribution in [0, 0.1) is 0 Å². The van der Waals surface area contributed by atoms with Crippen LogP contribution < -0.4 is 10.0 Å². The maximum absolute atomic E-state index is 12.3. The molecule has 0 fully saturated rings. The highest BCUT2D eigenvalue weighted by Gasteiger charge is 2.18. The Hall–Kier alpha value is -1.02. The van der Waals surface area contributed by atoms with Crippen LogP contribution in [0.4, 0.5) is 5.69 Å². The topological polar surface area (TPSA) is 78.5 Å². The fraction of sp³-hybridized carbons (Fsp3) is 0.417. The van der Waals surface area contributed by atoms with Crippen LogP contribution in [0.5, 0.6) is 0 Å². The molecule has 0 aromatic heterocycles. The highest BCUT2D eigenvalue weighted by atomic mass is 35.5. The monoisotopic (exact) mass is 355 g/mol. The van der Waals surface area contributed by atoms with Crippen molar-refractivity contribution in [2.24, 2.45) is 0 Å². The summed E-state index contributed by atoms with van der Waals surface area (Å²) in [5, 5.41) is 3.31. The summed E-state index contributed by atoms with van der Waals surface area (Å²) in [6, 6.07) is 4.45. The molecule has 2 N–H and O–H groups in total. The Morgan fingerprint density at radius 3 is 2.52 bits per heavy atom. The lowest BCUT2D eigenvalue weighted by Gasteiger charge is -2.19. The smallest absolute Gasteiger partial charge is 0.255 e. The van der Waals surface area contributed by atoms with E-state index in [1.165, 1.54) is 23.1 Å². The van der Waals surface area contributed by atoms with Gasteiger partial charge in [-0.25, -0.2) is 8.42 Å². The van der Waals surface area contributed by atoms with Crippen LogP contribution in [0.1, 0.15) is 10.4 Å². The molecule has 0 bridgehead atoms. The number of carbonyl (C=O) groups excluding carboxylic acids is 1. The molecule has 0 spiro atoms. The number of likely N-dealkylation sites (N-methyl/N-ethyl adjacent to an activating group) is 2. The van der Waals surface area contributed by atoms with Gasteiger partial charge in [0.25, 0.3) is 5.91 Å². The van der Waals surface area contributed by atoms with E-state index in [-0.39, 0.29) is 29.6 Å². The van der Waals surface area contributed by atoms with E-state index < -0.39 is 10.0 Å². The average Bonchev–Trinajstić information content (AvgIpc) is 2.35. The Labute approximate surface area is 136 Å². The summed E-state index contributed by atoms with van der Waals surface area (Å²) in [5.41, 5.74) is 0.444. The van der Waals surface area contributed by atoms with Crippen LogP contribution in [0.2, 0.25) is 5.02 Å². The summed E-state index contributed by atoms with van der Waals surface area (Å²) in [4.78, 5) is 13.8. The lowest BCUT2D eigenvalue weighted by atomic mass is 10.1. The second-order valence-electron chi connectivity index (χ2n) is 4.39. The summed E-state index contributed by atoms with van der Waals surface area (Å²) in [6.07, 6.45) is 1.03. The molecule has 0 saturated heterocycles. The summed E-state index contributed by atoms with van der Waals surface area (Å²) < 4.78 is 25.0. The van der Waals surface area contributed by atoms with Gasteiger partial charge in [0.15, 0.2) is 0 Å². The number of hydrogen-bond acceptors (Lipinski definition) is 4. The SMILES string of the molecule is CNCCN(C)C(=O)c1cc(Cl)ccc1NS(C)(=O)=O.Cl. The largest absolute Gasteiger partial charge is 0.340 e. The number of nitrogens with one attached hydrogen (secondary N) is 2. The first-order chi connectivity index (χ1) is 9.24. The number of carbonyl (C=O) groups is 1. The van der Waals surface area contributed by atoms with Gasteiger partial charge in [0.05, 0.1) is 17.5 Å². The van der Waals surface area contributed by atoms with Crippen molar-refractivity contribution in [2.45, 2.75) is 0 Å². The summed E-state index contributed by atoms with van der Waals surface area (Å²) in [6.45, 7) is 1.14. The van der Waals surface area contributed by atoms with E-state index in [1.807, 2.05) is 0 Å². The molecule has 6 nitrogen and oxygen atoms in total. The molecular formula is C12H19Cl2N3O3S. The van der Waals surface area contributed by atoms with Gasteiger partial charge in [0.2, 0.25) is 10.0 Å². The molecule has 0 radical (unpaired) electrons. The second-order valence-corrected chi connectivity index (χ2v) is 6.58. The van der Waals surface area contributed by atoms with E-state index >= 15 is 0 Å². The number of rotatable bonds is 6. The Morgan fingerprint density at radius 2 is 2.00 bits per heavy atom. The van der Waals surface area contributed by atoms with E-state index in [2.05, 4.69) is 10.0 Å². The standard InChI is InChI=1S/C12H18ClN3O3S.ClH/c1-14-6-7-16(2)12(17)10-8-9(13)4-5-11(10)15-20(3,18)19;/h4-5,8,14-15H,6-7H2,1-3H3;1H. The number of hydrogen-bond donors (Lipinski definition) is 2. The van der Waals surface area contributed by atoms with Crippen molar-refractivity contribution >= 4 is 45.6 Å². The Bertz CT molecular complexity index is 593. The van der Waals surface area contributed by atoms with Crippen LogP contribution >= 0.6 is 24.0 Å². The normalized spacial score (nSPS) is 10.7. The third-order valence-corrected chi connectivity index (χ3v) is 3.38. The zero-order valence-electron chi connectivity index (χ0n) is 12.0. The third kappa shape index (κ3) is 6.52. The van der Waals surface area contributed by atoms with Gasteiger partial charge < -0.3 is 10.2 Å². The minimum absolute atomic E-state index is 0. The molecule has 1 amide bonds. The molecule has 0 aliphatic carbocycles. The zero-order valence-corrected chi connectivity index (χ0v) is 14.4. The van der Waals surface area contributed by atoms with E-state index in [0.717, 1.165) is 6.26 Å². The fourth-order valence-corrected chi connectivity index (χ4v) is 2.32. The molecular weight excluding hydrogens is 337 g/mol. The first-order valence-corrected chi connectivity index (χ1v) is 8.19. The van der Waals surface area contributed by atoms with Crippen molar-refractivity contribution in [3.63, 3.8) is 0 Å². The van der Waals surface area contributed by atoms with Crippen LogP contribution in [0.15, 0.2) is 18.2 Å². The van der Waals surface area contributed by atoms with Crippen LogP contribution in [0.25, 0.3) is 0 Å². The average molecular weight is 356 g/mol. The fourth-order valence-electron chi connectivity index (χ4n) is 1.57. The Kier molecular flexibility index (Phi) is 8.02. The quantitative estimate of drug-likeness (QED) is 0.808. The van der Waals surface area contributed by atoms with E-state index in [1.54, 1.807) is 14.1 Å². The molecule has 9 heteroatoms. The van der Waals surface area contributed by atoms with Crippen LogP contribution in [0.3, 0.4) is 0 Å². The predicted octanol–water partition coefficient (Wildman–Crippen LogP) is 1.42. The van der Waals surface area contributed by atoms with Crippen LogP contribution in [-0.2, 0) is 10.0 Å². The molecule has 0 atom stereocenters. The summed E-state index contributed by atoms with van der Waals surface area (Å²) >= 11 is 5.88. The maximum atomic E-state index is 12.3. The summed E-state index contributed by atoms with van der Waals surface area (Å²) in [5.74, 6) is -0.297. The third-order valence-electron chi connectivity index (χ3n) is 2.55. The van der Waals surface area contributed by atoms with Crippen LogP contribution in [-0.4, -0.2) is 52.7 Å². The highest BCUT2D eigenvalue weighted by Crippen LogP contribution is 2.22. The van der Waals surface area contributed by atoms with E-state index in [4.69, 9.17) is 11.6 Å². The maximum Gasteiger partial charge on any atom is 0.255 e. The van der Waals surface area contributed by atoms with E-state index in [0.29, 0.717) is 18.1 Å². The van der Waals surface area contributed by atoms with Gasteiger partial charge >= 0.3 is 0 Å². The minimum atomic E-state index is -3.46. The first-order valence-electron chi connectivity index (χ1n) is 5.92. The van der Waals surface area contributed by atoms with Crippen molar-refractivity contribution < 1.29 is 13.2 Å². The molecule has 0 heterocycles. The molecule has 21 heavy (non-hydrogen) atoms. The molecule has 0 aliphatic heterocycles. The minimum Gasteiger partial charge on any atom is -0.340 e. The van der Waals surface area contributed by atoms with Gasteiger partial charge in [-0.1, -0.05) is 11.6 Å². The van der Waals surface area contributed by atoms with Gasteiger partial charge in [-0.3, -0.25) is 9.52 Å². The Balaban J connectivity index is 0.00000400. The molecule has 120 valence electrons. The number of nitrogens with zero attached hydrogens (tertiary/aromatic N) is 1. The zero-order chi connectivity index (χ0) is 15.3. The molecule has 0 saturated carbocycles. The van der Waals surface area contributed by atoms with Gasteiger partial charge in [0.1, 0.15) is 0 Å². The van der Waals surface area contributed by atoms with Crippen molar-refractivity contribution in [2.75, 3.05) is 38.2 Å². The van der Waals surface area contributed by atoms with Gasteiger partial charge in [-0.2, -0.15) is 0 Å². The Morgan fingerprint density at radius 1 is 1.38 bits per heavy atom. The second kappa shape index (κ2) is 8.43. The molecule has 1 aromatic carbocycles. The number of benzene rings is 1. The number of anilines is 1. The molecule has 0 unspecified atom stereocenters. The van der Waals surface area contributed by atoms with Crippen molar-refractivity contribution in [1.29, 1.82) is 0 Å². The predicted molar refractivity (Wildman–Crippen MR) is 88.1 cm³/mol.